The summed E-state index contributed by atoms with van der Waals surface area (Å²) in [5.74, 6) is -1.16. The third kappa shape index (κ3) is 11.2. The molecule has 11 rings (SSSR count). The third-order valence-corrected chi connectivity index (χ3v) is 19.8. The van der Waals surface area contributed by atoms with E-state index in [4.69, 9.17) is 27.7 Å². The zero-order valence-electron chi connectivity index (χ0n) is 46.9. The molecular weight excluding hydrogens is 1060 g/mol. The van der Waals surface area contributed by atoms with Crippen LogP contribution in [0.15, 0.2) is 127 Å². The van der Waals surface area contributed by atoms with Crippen molar-refractivity contribution in [3.63, 3.8) is 0 Å². The minimum atomic E-state index is -1.26. The molecule has 0 radical (unpaired) electrons. The van der Waals surface area contributed by atoms with E-state index in [9.17, 15) is 14.7 Å². The molecule has 9 nitrogen and oxygen atoms in total. The molecular formula is C69H67N3O6S3. The maximum absolute atomic E-state index is 11.9. The Morgan fingerprint density at radius 1 is 0.580 bits per heavy atom. The second-order valence-electron chi connectivity index (χ2n) is 22.0. The molecule has 1 aliphatic heterocycles. The van der Waals surface area contributed by atoms with Crippen molar-refractivity contribution < 1.29 is 29.3 Å². The van der Waals surface area contributed by atoms with Crippen LogP contribution in [-0.2, 0) is 33.3 Å². The van der Waals surface area contributed by atoms with Gasteiger partial charge in [0.05, 0.1) is 16.3 Å². The standard InChI is InChI=1S/C66H64N2O4S3.C3H3NO2/c1-8-10-12-14-20-42-36-57(62-43(21-15-13-11-9-2)37-58(75-62)63-60-59(71-34-35-72-60)56(73-63)40-55(67-7)64(69)70)74-61(42)41-26-28-44(29-27-41)68(45-30-32-49-47-22-16-18-24-51(47)65(3,4)53(49)38-45)46-31-33-50-48-23-17-19-25-52(48)66(5,6)54(50)39-46;1-4-2-3(5)6/h16-19,22-33,36-40H,8-15,20-21,34-35H2,1-6H3,(H,69,70);2H2,(H,5,6)/b55-40+;. The molecule has 2 N–H and O–H groups in total. The first kappa shape index (κ1) is 56.5. The van der Waals surface area contributed by atoms with Crippen LogP contribution in [0, 0.1) is 13.1 Å². The number of carbonyl (C=O) groups is 2. The van der Waals surface area contributed by atoms with Gasteiger partial charge < -0.3 is 29.4 Å². The van der Waals surface area contributed by atoms with Crippen molar-refractivity contribution in [1.82, 2.24) is 0 Å². The van der Waals surface area contributed by atoms with Crippen molar-refractivity contribution in [2.45, 2.75) is 117 Å². The fourth-order valence-electron chi connectivity index (χ4n) is 11.8. The maximum atomic E-state index is 11.9. The molecule has 0 saturated heterocycles. The van der Waals surface area contributed by atoms with E-state index >= 15 is 0 Å². The summed E-state index contributed by atoms with van der Waals surface area (Å²) < 4.78 is 12.4. The quantitative estimate of drug-likeness (QED) is 0.0472. The number of thiophene rings is 3. The van der Waals surface area contributed by atoms with Gasteiger partial charge in [-0.3, -0.25) is 4.79 Å². The number of nitrogens with zero attached hydrogens (tertiary/aromatic N) is 3. The van der Waals surface area contributed by atoms with Gasteiger partial charge in [0.25, 0.3) is 5.70 Å². The van der Waals surface area contributed by atoms with Crippen LogP contribution in [0.2, 0.25) is 0 Å². The van der Waals surface area contributed by atoms with Crippen LogP contribution in [0.5, 0.6) is 11.5 Å². The van der Waals surface area contributed by atoms with Gasteiger partial charge in [0, 0.05) is 47.4 Å². The molecule has 12 heteroatoms. The van der Waals surface area contributed by atoms with Gasteiger partial charge in [0.1, 0.15) is 13.2 Å². The van der Waals surface area contributed by atoms with Gasteiger partial charge in [-0.15, -0.1) is 34.0 Å². The van der Waals surface area contributed by atoms with Crippen LogP contribution < -0.4 is 14.4 Å². The average Bonchev–Trinajstić information content (AvgIpc) is 4.33. The lowest BCUT2D eigenvalue weighted by Crippen LogP contribution is -2.18. The number of ether oxygens (including phenoxy) is 2. The third-order valence-electron chi connectivity index (χ3n) is 15.9. The molecule has 0 atom stereocenters. The van der Waals surface area contributed by atoms with Gasteiger partial charge in [-0.05, 0) is 141 Å². The minimum absolute atomic E-state index is 0.140. The molecule has 81 heavy (non-hydrogen) atoms. The Morgan fingerprint density at radius 3 is 1.58 bits per heavy atom. The topological polar surface area (TPSA) is 105 Å². The highest BCUT2D eigenvalue weighted by Crippen LogP contribution is 2.56. The molecule has 4 heterocycles. The summed E-state index contributed by atoms with van der Waals surface area (Å²) in [5, 5.41) is 17.5. The highest BCUT2D eigenvalue weighted by molar-refractivity contribution is 7.27. The Balaban J connectivity index is 0.00000116. The first-order valence-corrected chi connectivity index (χ1v) is 30.6. The Labute approximate surface area is 488 Å². The summed E-state index contributed by atoms with van der Waals surface area (Å²) in [4.78, 5) is 36.1. The molecule has 2 aliphatic carbocycles. The Kier molecular flexibility index (Phi) is 16.9. The first-order chi connectivity index (χ1) is 39.2. The Bertz CT molecular complexity index is 3680. The predicted octanol–water partition coefficient (Wildman–Crippen LogP) is 19.3. The SMILES string of the molecule is [C-]#[N+]/C(=C/c1sc(-c2cc(CCCCCC)c(-c3cc(CCCCCC)c(-c4ccc(N(c5ccc6c(c5)C(C)(C)c5ccccc5-6)c5ccc6c(c5)C(C)(C)c5ccccc5-6)cc4)s3)s2)c2c1OCCO2)C(=O)O.[C-]#[N+]CC(=O)O. The van der Waals surface area contributed by atoms with Crippen molar-refractivity contribution in [1.29, 1.82) is 0 Å². The van der Waals surface area contributed by atoms with E-state index in [1.165, 1.54) is 132 Å². The largest absolute Gasteiger partial charge is 0.486 e. The fourth-order valence-corrected chi connectivity index (χ4v) is 15.6. The number of benzene rings is 5. The molecule has 0 spiro atoms. The molecule has 8 aromatic rings. The van der Waals surface area contributed by atoms with Gasteiger partial charge in [0.15, 0.2) is 11.5 Å². The predicted molar refractivity (Wildman–Crippen MR) is 334 cm³/mol. The van der Waals surface area contributed by atoms with Crippen LogP contribution in [0.4, 0.5) is 17.1 Å². The summed E-state index contributed by atoms with van der Waals surface area (Å²) in [6.45, 7) is 27.8. The molecule has 3 aromatic heterocycles. The van der Waals surface area contributed by atoms with Crippen molar-refractivity contribution in [2.75, 3.05) is 24.7 Å². The fraction of sp³-hybridized carbons (Fsp3) is 0.304. The molecule has 3 aliphatic rings. The van der Waals surface area contributed by atoms with E-state index in [0.717, 1.165) is 52.5 Å². The lowest BCUT2D eigenvalue weighted by Gasteiger charge is -2.30. The van der Waals surface area contributed by atoms with Crippen LogP contribution in [0.1, 0.15) is 131 Å². The Morgan fingerprint density at radius 2 is 1.07 bits per heavy atom. The van der Waals surface area contributed by atoms with E-state index < -0.39 is 18.5 Å². The van der Waals surface area contributed by atoms with Crippen molar-refractivity contribution >= 4 is 69.1 Å². The van der Waals surface area contributed by atoms with Crippen molar-refractivity contribution in [3.05, 3.63) is 188 Å². The number of anilines is 3. The number of aryl methyl sites for hydroxylation is 2. The normalized spacial score (nSPS) is 13.9. The second kappa shape index (κ2) is 24.2. The minimum Gasteiger partial charge on any atom is -0.486 e. The number of carboxylic acids is 2. The van der Waals surface area contributed by atoms with Gasteiger partial charge in [0.2, 0.25) is 0 Å². The number of hydrogen-bond donors (Lipinski definition) is 2. The molecule has 412 valence electrons. The van der Waals surface area contributed by atoms with Gasteiger partial charge >= 0.3 is 18.5 Å². The number of rotatable bonds is 19. The molecule has 5 aromatic carbocycles. The van der Waals surface area contributed by atoms with E-state index in [-0.39, 0.29) is 16.5 Å². The van der Waals surface area contributed by atoms with Crippen LogP contribution in [-0.4, -0.2) is 41.9 Å². The van der Waals surface area contributed by atoms with E-state index in [2.05, 4.69) is 177 Å². The molecule has 0 unspecified atom stereocenters. The van der Waals surface area contributed by atoms with E-state index in [1.807, 2.05) is 11.3 Å². The van der Waals surface area contributed by atoms with Gasteiger partial charge in [-0.1, -0.05) is 153 Å². The summed E-state index contributed by atoms with van der Waals surface area (Å²) >= 11 is 5.13. The number of unbranched alkanes of at least 4 members (excludes halogenated alkanes) is 6. The molecule has 0 fully saturated rings. The highest BCUT2D eigenvalue weighted by Gasteiger charge is 2.38. The summed E-state index contributed by atoms with van der Waals surface area (Å²) in [6, 6.07) is 46.1. The van der Waals surface area contributed by atoms with Crippen LogP contribution in [0.3, 0.4) is 0 Å². The van der Waals surface area contributed by atoms with E-state index in [0.29, 0.717) is 29.6 Å². The molecule has 0 amide bonds. The maximum Gasteiger partial charge on any atom is 0.384 e. The molecule has 0 bridgehead atoms. The number of carboxylic acid groups (broad SMARTS) is 2. The average molecular weight is 1130 g/mol. The highest BCUT2D eigenvalue weighted by atomic mass is 32.1. The number of fused-ring (bicyclic) bond motifs is 7. The second-order valence-corrected chi connectivity index (χ2v) is 25.2. The van der Waals surface area contributed by atoms with Crippen molar-refractivity contribution in [3.8, 4) is 63.7 Å². The smallest absolute Gasteiger partial charge is 0.384 e. The van der Waals surface area contributed by atoms with E-state index in [1.54, 1.807) is 11.3 Å². The van der Waals surface area contributed by atoms with Crippen LogP contribution in [0.25, 0.3) is 68.0 Å². The lowest BCUT2D eigenvalue weighted by atomic mass is 9.82. The first-order valence-electron chi connectivity index (χ1n) is 28.1. The number of aliphatic carboxylic acids is 2. The molecule has 0 saturated carbocycles. The lowest BCUT2D eigenvalue weighted by molar-refractivity contribution is -0.135. The monoisotopic (exact) mass is 1130 g/mol. The summed E-state index contributed by atoms with van der Waals surface area (Å²) in [6.07, 6.45) is 12.8. The van der Waals surface area contributed by atoms with Gasteiger partial charge in [-0.25, -0.2) is 16.2 Å². The zero-order chi connectivity index (χ0) is 57.0. The summed E-state index contributed by atoms with van der Waals surface area (Å²) in [5.41, 5.74) is 17.4. The van der Waals surface area contributed by atoms with Gasteiger partial charge in [-0.2, -0.15) is 0 Å². The zero-order valence-corrected chi connectivity index (χ0v) is 49.4. The summed E-state index contributed by atoms with van der Waals surface area (Å²) in [7, 11) is 0. The number of hydrogen-bond acceptors (Lipinski definition) is 8. The Hall–Kier alpha value is -7.74. The van der Waals surface area contributed by atoms with Crippen molar-refractivity contribution in [2.24, 2.45) is 0 Å². The van der Waals surface area contributed by atoms with Crippen LogP contribution >= 0.6 is 34.0 Å².